The SMILES string of the molecule is COc1ccc(Cl)cc1CN1CCN(C(=O)c2sccc2Br)CC1. The number of nitrogens with zero attached hydrogens (tertiary/aromatic N) is 2. The van der Waals surface area contributed by atoms with E-state index in [4.69, 9.17) is 16.3 Å². The largest absolute Gasteiger partial charge is 0.496 e. The highest BCUT2D eigenvalue weighted by molar-refractivity contribution is 9.10. The molecule has 1 amide bonds. The molecule has 0 aliphatic carbocycles. The molecule has 24 heavy (non-hydrogen) atoms. The van der Waals surface area contributed by atoms with Crippen molar-refractivity contribution < 1.29 is 9.53 Å². The summed E-state index contributed by atoms with van der Waals surface area (Å²) >= 11 is 11.0. The van der Waals surface area contributed by atoms with Crippen molar-refractivity contribution in [2.24, 2.45) is 0 Å². The second-order valence-corrected chi connectivity index (χ2v) is 7.83. The molecule has 1 aromatic carbocycles. The maximum absolute atomic E-state index is 12.5. The minimum Gasteiger partial charge on any atom is -0.496 e. The molecule has 2 heterocycles. The summed E-state index contributed by atoms with van der Waals surface area (Å²) in [5, 5.41) is 2.64. The Morgan fingerprint density at radius 1 is 1.29 bits per heavy atom. The van der Waals surface area contributed by atoms with Crippen LogP contribution in [0, 0.1) is 0 Å². The Kier molecular flexibility index (Phi) is 5.81. The Labute approximate surface area is 159 Å². The molecule has 128 valence electrons. The lowest BCUT2D eigenvalue weighted by atomic mass is 10.1. The third kappa shape index (κ3) is 3.94. The molecule has 1 aromatic heterocycles. The summed E-state index contributed by atoms with van der Waals surface area (Å²) in [7, 11) is 1.67. The molecular formula is C17H18BrClN2O2S. The normalized spacial score (nSPS) is 15.5. The highest BCUT2D eigenvalue weighted by Gasteiger charge is 2.24. The van der Waals surface area contributed by atoms with Gasteiger partial charge in [0.2, 0.25) is 0 Å². The van der Waals surface area contributed by atoms with Crippen LogP contribution in [0.4, 0.5) is 0 Å². The molecule has 0 saturated carbocycles. The van der Waals surface area contributed by atoms with E-state index in [9.17, 15) is 4.79 Å². The molecule has 1 saturated heterocycles. The molecular weight excluding hydrogens is 412 g/mol. The summed E-state index contributed by atoms with van der Waals surface area (Å²) in [5.74, 6) is 0.956. The molecule has 1 aliphatic heterocycles. The van der Waals surface area contributed by atoms with Crippen LogP contribution in [0.3, 0.4) is 0 Å². The van der Waals surface area contributed by atoms with Gasteiger partial charge in [-0.15, -0.1) is 11.3 Å². The molecule has 0 bridgehead atoms. The van der Waals surface area contributed by atoms with Gasteiger partial charge in [0.05, 0.1) is 7.11 Å². The number of halogens is 2. The van der Waals surface area contributed by atoms with Crippen LogP contribution >= 0.6 is 38.9 Å². The summed E-state index contributed by atoms with van der Waals surface area (Å²) in [6.07, 6.45) is 0. The van der Waals surface area contributed by atoms with Crippen molar-refractivity contribution >= 4 is 44.8 Å². The van der Waals surface area contributed by atoms with E-state index < -0.39 is 0 Å². The number of hydrogen-bond donors (Lipinski definition) is 0. The molecule has 4 nitrogen and oxygen atoms in total. The fourth-order valence-corrected chi connectivity index (χ4v) is 4.51. The van der Waals surface area contributed by atoms with Crippen LogP contribution in [0.1, 0.15) is 15.2 Å². The predicted octanol–water partition coefficient (Wildman–Crippen LogP) is 4.13. The first-order valence-electron chi connectivity index (χ1n) is 7.65. The lowest BCUT2D eigenvalue weighted by Gasteiger charge is -2.34. The zero-order chi connectivity index (χ0) is 17.1. The number of carbonyl (C=O) groups is 1. The highest BCUT2D eigenvalue weighted by atomic mass is 79.9. The quantitative estimate of drug-likeness (QED) is 0.732. The van der Waals surface area contributed by atoms with E-state index >= 15 is 0 Å². The Morgan fingerprint density at radius 3 is 2.67 bits per heavy atom. The first-order valence-corrected chi connectivity index (χ1v) is 9.70. The van der Waals surface area contributed by atoms with Gasteiger partial charge in [0.15, 0.2) is 0 Å². The van der Waals surface area contributed by atoms with Crippen LogP contribution in [0.15, 0.2) is 34.1 Å². The maximum Gasteiger partial charge on any atom is 0.265 e. The molecule has 2 aromatic rings. The van der Waals surface area contributed by atoms with Crippen molar-refractivity contribution in [2.75, 3.05) is 33.3 Å². The van der Waals surface area contributed by atoms with Crippen molar-refractivity contribution in [1.29, 1.82) is 0 Å². The second-order valence-electron chi connectivity index (χ2n) is 5.62. The van der Waals surface area contributed by atoms with Crippen LogP contribution in [-0.2, 0) is 6.54 Å². The zero-order valence-corrected chi connectivity index (χ0v) is 16.5. The number of thiophene rings is 1. The van der Waals surface area contributed by atoms with Crippen LogP contribution in [0.5, 0.6) is 5.75 Å². The molecule has 0 unspecified atom stereocenters. The van der Waals surface area contributed by atoms with Gasteiger partial charge >= 0.3 is 0 Å². The molecule has 0 atom stereocenters. The zero-order valence-electron chi connectivity index (χ0n) is 13.3. The van der Waals surface area contributed by atoms with E-state index in [0.717, 1.165) is 53.4 Å². The minimum absolute atomic E-state index is 0.108. The van der Waals surface area contributed by atoms with Gasteiger partial charge in [0.25, 0.3) is 5.91 Å². The summed E-state index contributed by atoms with van der Waals surface area (Å²) in [4.78, 5) is 17.6. The number of ether oxygens (including phenoxy) is 1. The second kappa shape index (κ2) is 7.87. The van der Waals surface area contributed by atoms with E-state index in [1.807, 2.05) is 34.5 Å². The van der Waals surface area contributed by atoms with Gasteiger partial charge in [-0.05, 0) is 45.6 Å². The van der Waals surface area contributed by atoms with E-state index in [0.29, 0.717) is 5.02 Å². The van der Waals surface area contributed by atoms with Gasteiger partial charge in [-0.2, -0.15) is 0 Å². The monoisotopic (exact) mass is 428 g/mol. The summed E-state index contributed by atoms with van der Waals surface area (Å²) < 4.78 is 6.29. The molecule has 0 N–H and O–H groups in total. The number of piperazine rings is 1. The van der Waals surface area contributed by atoms with Crippen molar-refractivity contribution in [3.63, 3.8) is 0 Å². The van der Waals surface area contributed by atoms with Crippen molar-refractivity contribution in [2.45, 2.75) is 6.54 Å². The minimum atomic E-state index is 0.108. The van der Waals surface area contributed by atoms with Gasteiger partial charge in [-0.3, -0.25) is 9.69 Å². The summed E-state index contributed by atoms with van der Waals surface area (Å²) in [5.41, 5.74) is 1.07. The number of rotatable bonds is 4. The molecule has 1 fully saturated rings. The number of carbonyl (C=O) groups excluding carboxylic acids is 1. The number of hydrogen-bond acceptors (Lipinski definition) is 4. The lowest BCUT2D eigenvalue weighted by molar-refractivity contribution is 0.0631. The fourth-order valence-electron chi connectivity index (χ4n) is 2.81. The third-order valence-corrected chi connectivity index (χ3v) is 6.17. The molecule has 1 aliphatic rings. The predicted molar refractivity (Wildman–Crippen MR) is 101 cm³/mol. The Hall–Kier alpha value is -1.08. The molecule has 0 radical (unpaired) electrons. The van der Waals surface area contributed by atoms with Crippen molar-refractivity contribution in [1.82, 2.24) is 9.80 Å². The Bertz CT molecular complexity index is 729. The van der Waals surface area contributed by atoms with E-state index in [1.54, 1.807) is 7.11 Å². The molecule has 7 heteroatoms. The van der Waals surface area contributed by atoms with Crippen LogP contribution in [0.25, 0.3) is 0 Å². The number of benzene rings is 1. The van der Waals surface area contributed by atoms with Crippen LogP contribution in [0.2, 0.25) is 5.02 Å². The summed E-state index contributed by atoms with van der Waals surface area (Å²) in [6.45, 7) is 3.90. The van der Waals surface area contributed by atoms with Crippen molar-refractivity contribution in [3.8, 4) is 5.75 Å². The average molecular weight is 430 g/mol. The maximum atomic E-state index is 12.5. The number of amides is 1. The standard InChI is InChI=1S/C17H18BrClN2O2S/c1-23-15-3-2-13(19)10-12(15)11-20-5-7-21(8-6-20)17(22)16-14(18)4-9-24-16/h2-4,9-10H,5-8,11H2,1H3. The van der Waals surface area contributed by atoms with Gasteiger partial charge in [-0.1, -0.05) is 11.6 Å². The smallest absolute Gasteiger partial charge is 0.265 e. The average Bonchev–Trinajstić information content (AvgIpc) is 3.01. The Morgan fingerprint density at radius 2 is 2.04 bits per heavy atom. The van der Waals surface area contributed by atoms with Crippen LogP contribution < -0.4 is 4.74 Å². The van der Waals surface area contributed by atoms with E-state index in [2.05, 4.69) is 20.8 Å². The number of methoxy groups -OCH3 is 1. The topological polar surface area (TPSA) is 32.8 Å². The van der Waals surface area contributed by atoms with Gasteiger partial charge in [0, 0.05) is 47.8 Å². The molecule has 0 spiro atoms. The molecule has 3 rings (SSSR count). The lowest BCUT2D eigenvalue weighted by Crippen LogP contribution is -2.48. The first kappa shape index (κ1) is 17.7. The summed E-state index contributed by atoms with van der Waals surface area (Å²) in [6, 6.07) is 7.59. The van der Waals surface area contributed by atoms with Gasteiger partial charge < -0.3 is 9.64 Å². The Balaban J connectivity index is 1.61. The van der Waals surface area contributed by atoms with Crippen LogP contribution in [-0.4, -0.2) is 49.0 Å². The third-order valence-electron chi connectivity index (χ3n) is 4.11. The van der Waals surface area contributed by atoms with E-state index in [1.165, 1.54) is 11.3 Å². The van der Waals surface area contributed by atoms with E-state index in [-0.39, 0.29) is 5.91 Å². The fraction of sp³-hybridized carbons (Fsp3) is 0.353. The van der Waals surface area contributed by atoms with Gasteiger partial charge in [0.1, 0.15) is 10.6 Å². The van der Waals surface area contributed by atoms with Crippen molar-refractivity contribution in [3.05, 3.63) is 49.6 Å². The highest BCUT2D eigenvalue weighted by Crippen LogP contribution is 2.26. The van der Waals surface area contributed by atoms with Gasteiger partial charge in [-0.25, -0.2) is 0 Å². The first-order chi connectivity index (χ1) is 11.6.